The van der Waals surface area contributed by atoms with Crippen molar-refractivity contribution < 1.29 is 30.7 Å². The minimum Gasteiger partial charge on any atom is -0.465 e. The summed E-state index contributed by atoms with van der Waals surface area (Å²) in [5.74, 6) is -0.283. The first-order valence-electron chi connectivity index (χ1n) is 5.18. The molecule has 0 saturated heterocycles. The van der Waals surface area contributed by atoms with Crippen molar-refractivity contribution in [1.82, 2.24) is 0 Å². The Morgan fingerprint density at radius 2 is 1.53 bits per heavy atom. The van der Waals surface area contributed by atoms with E-state index in [9.17, 15) is 4.79 Å². The molecule has 0 fully saturated rings. The fourth-order valence-electron chi connectivity index (χ4n) is 1.37. The Labute approximate surface area is 111 Å². The van der Waals surface area contributed by atoms with Gasteiger partial charge in [0.25, 0.3) is 0 Å². The lowest BCUT2D eigenvalue weighted by atomic mass is 10.2. The predicted molar refractivity (Wildman–Crippen MR) is 61.6 cm³/mol. The molecular weight excluding hydrogens is 327 g/mol. The van der Waals surface area contributed by atoms with Crippen molar-refractivity contribution in [1.29, 1.82) is 0 Å². The van der Waals surface area contributed by atoms with Crippen LogP contribution in [0.1, 0.15) is 10.4 Å². The number of hydrogen-bond acceptors (Lipinski definition) is 2. The zero-order valence-corrected chi connectivity index (χ0v) is 11.5. The topological polar surface area (TPSA) is 26.3 Å². The number of benzene rings is 2. The number of halogens is 1. The van der Waals surface area contributed by atoms with E-state index in [1.54, 1.807) is 0 Å². The Bertz CT molecular complexity index is 491. The summed E-state index contributed by atoms with van der Waals surface area (Å²) >= 11 is -0.161. The van der Waals surface area contributed by atoms with E-state index in [2.05, 4.69) is 29.0 Å². The van der Waals surface area contributed by atoms with E-state index in [0.29, 0.717) is 5.56 Å². The van der Waals surface area contributed by atoms with Gasteiger partial charge >= 0.3 is 27.2 Å². The third kappa shape index (κ3) is 3.30. The van der Waals surface area contributed by atoms with Crippen LogP contribution in [0.15, 0.2) is 54.6 Å². The van der Waals surface area contributed by atoms with Crippen molar-refractivity contribution in [3.05, 3.63) is 67.3 Å². The highest BCUT2D eigenvalue weighted by Crippen LogP contribution is 1.99. The Morgan fingerprint density at radius 1 is 0.941 bits per heavy atom. The highest BCUT2D eigenvalue weighted by molar-refractivity contribution is 5.89. The molecule has 2 rings (SSSR count). The monoisotopic (exact) mass is 339 g/mol. The molecule has 0 bridgehead atoms. The van der Waals surface area contributed by atoms with Gasteiger partial charge in [0.05, 0.1) is 12.7 Å². The molecule has 0 N–H and O–H groups in total. The standard InChI is InChI=1S/C14H12IO2/c1-17-14(16)11-7-9-13(10-8-11)15-12-5-3-2-4-6-12/h2-10H,1H3/q+1. The van der Waals surface area contributed by atoms with Gasteiger partial charge in [-0.05, 0) is 36.4 Å². The fourth-order valence-corrected chi connectivity index (χ4v) is 3.58. The zero-order chi connectivity index (χ0) is 12.1. The number of ether oxygens (including phenoxy) is 1. The Balaban J connectivity index is 2.11. The van der Waals surface area contributed by atoms with Crippen LogP contribution in [-0.2, 0) is 4.74 Å². The average molecular weight is 339 g/mol. The quantitative estimate of drug-likeness (QED) is 0.562. The van der Waals surface area contributed by atoms with Gasteiger partial charge in [-0.1, -0.05) is 18.2 Å². The van der Waals surface area contributed by atoms with Crippen LogP contribution < -0.4 is 21.2 Å². The molecule has 2 nitrogen and oxygen atoms in total. The van der Waals surface area contributed by atoms with Gasteiger partial charge in [-0.3, -0.25) is 0 Å². The third-order valence-corrected chi connectivity index (χ3v) is 4.90. The van der Waals surface area contributed by atoms with E-state index in [4.69, 9.17) is 0 Å². The lowest BCUT2D eigenvalue weighted by Gasteiger charge is -1.96. The van der Waals surface area contributed by atoms with Gasteiger partial charge in [0, 0.05) is 0 Å². The van der Waals surface area contributed by atoms with E-state index in [-0.39, 0.29) is 27.2 Å². The first kappa shape index (κ1) is 12.1. The molecule has 0 saturated carbocycles. The molecule has 0 heterocycles. The summed E-state index contributed by atoms with van der Waals surface area (Å²) in [5.41, 5.74) is 0.605. The summed E-state index contributed by atoms with van der Waals surface area (Å²) < 4.78 is 7.33. The van der Waals surface area contributed by atoms with E-state index in [1.165, 1.54) is 14.3 Å². The van der Waals surface area contributed by atoms with Gasteiger partial charge in [-0.2, -0.15) is 0 Å². The molecule has 3 heteroatoms. The largest absolute Gasteiger partial charge is 0.465 e. The van der Waals surface area contributed by atoms with Gasteiger partial charge in [0.15, 0.2) is 7.14 Å². The van der Waals surface area contributed by atoms with Crippen LogP contribution in [0.3, 0.4) is 0 Å². The van der Waals surface area contributed by atoms with Crippen molar-refractivity contribution in [2.24, 2.45) is 0 Å². The molecule has 0 radical (unpaired) electrons. The molecule has 0 aromatic heterocycles. The lowest BCUT2D eigenvalue weighted by Crippen LogP contribution is -3.61. The maximum atomic E-state index is 11.3. The highest BCUT2D eigenvalue weighted by atomic mass is 127. The molecule has 2 aromatic rings. The van der Waals surface area contributed by atoms with E-state index in [1.807, 2.05) is 30.3 Å². The number of carbonyl (C=O) groups excluding carboxylic acids is 1. The normalized spacial score (nSPS) is 9.94. The second kappa shape index (κ2) is 5.82. The fraction of sp³-hybridized carbons (Fsp3) is 0.0714. The number of methoxy groups -OCH3 is 1. The summed E-state index contributed by atoms with van der Waals surface area (Å²) in [6.45, 7) is 0. The van der Waals surface area contributed by atoms with E-state index < -0.39 is 0 Å². The number of hydrogen-bond donors (Lipinski definition) is 0. The molecule has 0 aliphatic carbocycles. The molecule has 86 valence electrons. The second-order valence-corrected chi connectivity index (χ2v) is 6.42. The van der Waals surface area contributed by atoms with Crippen molar-refractivity contribution in [2.45, 2.75) is 0 Å². The van der Waals surface area contributed by atoms with Gasteiger partial charge in [0.1, 0.15) is 0 Å². The van der Waals surface area contributed by atoms with Crippen LogP contribution in [-0.4, -0.2) is 13.1 Å². The molecule has 0 unspecified atom stereocenters. The first-order chi connectivity index (χ1) is 8.29. The molecular formula is C14H12IO2+. The smallest absolute Gasteiger partial charge is 0.357 e. The molecule has 0 aliphatic rings. The maximum absolute atomic E-state index is 11.3. The average Bonchev–Trinajstić information content (AvgIpc) is 2.40. The van der Waals surface area contributed by atoms with Crippen LogP contribution in [0.5, 0.6) is 0 Å². The summed E-state index contributed by atoms with van der Waals surface area (Å²) in [6, 6.07) is 18.1. The summed E-state index contributed by atoms with van der Waals surface area (Å²) in [6.07, 6.45) is 0. The SMILES string of the molecule is COC(=O)c1ccc([I+]c2ccccc2)cc1. The van der Waals surface area contributed by atoms with Gasteiger partial charge in [-0.25, -0.2) is 4.79 Å². The Hall–Kier alpha value is -1.36. The van der Waals surface area contributed by atoms with Crippen molar-refractivity contribution in [3.8, 4) is 0 Å². The minimum atomic E-state index is -0.283. The number of esters is 1. The molecule has 2 aromatic carbocycles. The maximum Gasteiger partial charge on any atom is 0.357 e. The molecule has 0 amide bonds. The van der Waals surface area contributed by atoms with Gasteiger partial charge in [0.2, 0.25) is 0 Å². The first-order valence-corrected chi connectivity index (χ1v) is 7.33. The van der Waals surface area contributed by atoms with Crippen molar-refractivity contribution in [3.63, 3.8) is 0 Å². The number of rotatable bonds is 3. The molecule has 17 heavy (non-hydrogen) atoms. The summed E-state index contributed by atoms with van der Waals surface area (Å²) in [5, 5.41) is 0. The molecule has 0 spiro atoms. The van der Waals surface area contributed by atoms with Crippen LogP contribution in [0.2, 0.25) is 0 Å². The number of carbonyl (C=O) groups is 1. The van der Waals surface area contributed by atoms with Crippen LogP contribution in [0.4, 0.5) is 0 Å². The Kier molecular flexibility index (Phi) is 4.14. The van der Waals surface area contributed by atoms with Crippen LogP contribution in [0, 0.1) is 7.14 Å². The van der Waals surface area contributed by atoms with Crippen LogP contribution >= 0.6 is 0 Å². The summed E-state index contributed by atoms with van der Waals surface area (Å²) in [4.78, 5) is 11.3. The van der Waals surface area contributed by atoms with Crippen molar-refractivity contribution in [2.75, 3.05) is 7.11 Å². The van der Waals surface area contributed by atoms with Gasteiger partial charge < -0.3 is 4.74 Å². The van der Waals surface area contributed by atoms with E-state index >= 15 is 0 Å². The molecule has 0 aliphatic heterocycles. The second-order valence-electron chi connectivity index (χ2n) is 3.39. The van der Waals surface area contributed by atoms with Crippen molar-refractivity contribution >= 4 is 5.97 Å². The van der Waals surface area contributed by atoms with E-state index in [0.717, 1.165) is 0 Å². The minimum absolute atomic E-state index is 0.161. The highest BCUT2D eigenvalue weighted by Gasteiger charge is 2.15. The zero-order valence-electron chi connectivity index (χ0n) is 9.39. The Morgan fingerprint density at radius 3 is 2.12 bits per heavy atom. The molecule has 0 atom stereocenters. The van der Waals surface area contributed by atoms with Gasteiger partial charge in [-0.15, -0.1) is 0 Å². The van der Waals surface area contributed by atoms with Crippen LogP contribution in [0.25, 0.3) is 0 Å². The lowest BCUT2D eigenvalue weighted by molar-refractivity contribution is -0.597. The predicted octanol–water partition coefficient (Wildman–Crippen LogP) is -0.398. The summed E-state index contributed by atoms with van der Waals surface area (Å²) in [7, 11) is 1.40. The third-order valence-electron chi connectivity index (χ3n) is 2.22.